The Bertz CT molecular complexity index is 605. The molecule has 1 saturated carbocycles. The van der Waals surface area contributed by atoms with Crippen molar-refractivity contribution in [2.75, 3.05) is 0 Å². The highest BCUT2D eigenvalue weighted by atomic mass is 16.5. The Labute approximate surface area is 141 Å². The fourth-order valence-electron chi connectivity index (χ4n) is 4.17. The van der Waals surface area contributed by atoms with Crippen molar-refractivity contribution in [3.8, 4) is 0 Å². The van der Waals surface area contributed by atoms with Crippen molar-refractivity contribution in [2.45, 2.75) is 65.1 Å². The fraction of sp³-hybridized carbons (Fsp3) is 0.545. The van der Waals surface area contributed by atoms with Crippen LogP contribution in [0.25, 0.3) is 0 Å². The summed E-state index contributed by atoms with van der Waals surface area (Å²) in [5.41, 5.74) is 5.33. The molecule has 2 bridgehead atoms. The number of allylic oxidation sites excluding steroid dienone is 1. The van der Waals surface area contributed by atoms with Crippen LogP contribution in [0.15, 0.2) is 48.1 Å². The minimum atomic E-state index is -0.0516. The summed E-state index contributed by atoms with van der Waals surface area (Å²) in [7, 11) is 0. The van der Waals surface area contributed by atoms with E-state index in [4.69, 9.17) is 4.74 Å². The zero-order valence-corrected chi connectivity index (χ0v) is 15.1. The van der Waals surface area contributed by atoms with Crippen LogP contribution >= 0.6 is 0 Å². The summed E-state index contributed by atoms with van der Waals surface area (Å²) in [4.78, 5) is 0. The largest absolute Gasteiger partial charge is 0.366 e. The van der Waals surface area contributed by atoms with Crippen molar-refractivity contribution < 1.29 is 4.74 Å². The van der Waals surface area contributed by atoms with Gasteiger partial charge in [-0.25, -0.2) is 0 Å². The quantitative estimate of drug-likeness (QED) is 0.608. The van der Waals surface area contributed by atoms with Crippen LogP contribution in [0.3, 0.4) is 0 Å². The normalized spacial score (nSPS) is 33.4. The first-order valence-electron chi connectivity index (χ1n) is 8.94. The Morgan fingerprint density at radius 1 is 1.30 bits per heavy atom. The first kappa shape index (κ1) is 16.5. The van der Waals surface area contributed by atoms with Gasteiger partial charge in [-0.3, -0.25) is 0 Å². The van der Waals surface area contributed by atoms with Crippen molar-refractivity contribution in [1.82, 2.24) is 0 Å². The highest BCUT2D eigenvalue weighted by Crippen LogP contribution is 2.53. The number of benzene rings is 1. The van der Waals surface area contributed by atoms with E-state index in [1.54, 1.807) is 0 Å². The van der Waals surface area contributed by atoms with Crippen LogP contribution < -0.4 is 0 Å². The third-order valence-corrected chi connectivity index (χ3v) is 5.82. The number of rotatable bonds is 3. The molecule has 1 heterocycles. The molecule has 4 atom stereocenters. The number of hydrogen-bond acceptors (Lipinski definition) is 1. The predicted molar refractivity (Wildman–Crippen MR) is 97.4 cm³/mol. The van der Waals surface area contributed by atoms with E-state index >= 15 is 0 Å². The van der Waals surface area contributed by atoms with Crippen molar-refractivity contribution >= 4 is 0 Å². The molecule has 1 aliphatic carbocycles. The standard InChI is InChI=1S/C22H30O/c1-15(2)12-13-22(5)19-11-8-17(4)20(14-19)21(23-22)18-9-6-16(3)7-10-18/h6-7,9-10,12,19-21H,4,8,11,13-14H2,1-3,5H3/t19-,20-,21-,22+/m1/s1. The molecule has 1 aliphatic heterocycles. The first-order chi connectivity index (χ1) is 10.9. The molecule has 1 heteroatoms. The summed E-state index contributed by atoms with van der Waals surface area (Å²) in [6.45, 7) is 13.2. The average Bonchev–Trinajstić information content (AvgIpc) is 2.52. The van der Waals surface area contributed by atoms with Gasteiger partial charge < -0.3 is 4.74 Å². The lowest BCUT2D eigenvalue weighted by Crippen LogP contribution is -2.48. The second-order valence-corrected chi connectivity index (χ2v) is 7.98. The van der Waals surface area contributed by atoms with Gasteiger partial charge in [0.15, 0.2) is 0 Å². The summed E-state index contributed by atoms with van der Waals surface area (Å²) < 4.78 is 6.78. The highest BCUT2D eigenvalue weighted by Gasteiger charge is 2.48. The number of aryl methyl sites for hydroxylation is 1. The van der Waals surface area contributed by atoms with Crippen LogP contribution in [-0.4, -0.2) is 5.60 Å². The van der Waals surface area contributed by atoms with E-state index in [0.717, 1.165) is 12.8 Å². The minimum absolute atomic E-state index is 0.0516. The van der Waals surface area contributed by atoms with Gasteiger partial charge in [-0.2, -0.15) is 0 Å². The number of fused-ring (bicyclic) bond motifs is 2. The Balaban J connectivity index is 1.92. The zero-order chi connectivity index (χ0) is 16.6. The first-order valence-corrected chi connectivity index (χ1v) is 8.94. The summed E-state index contributed by atoms with van der Waals surface area (Å²) in [5, 5.41) is 0. The van der Waals surface area contributed by atoms with E-state index in [0.29, 0.717) is 11.8 Å². The molecule has 23 heavy (non-hydrogen) atoms. The molecule has 1 aromatic rings. The van der Waals surface area contributed by atoms with Crippen molar-refractivity contribution in [3.05, 3.63) is 59.2 Å². The van der Waals surface area contributed by atoms with Gasteiger partial charge in [-0.15, -0.1) is 0 Å². The molecule has 0 amide bonds. The van der Waals surface area contributed by atoms with E-state index in [1.165, 1.54) is 35.1 Å². The molecule has 2 fully saturated rings. The molecule has 0 aromatic heterocycles. The maximum Gasteiger partial charge on any atom is 0.0897 e. The van der Waals surface area contributed by atoms with E-state index in [1.807, 2.05) is 0 Å². The third kappa shape index (κ3) is 3.30. The summed E-state index contributed by atoms with van der Waals surface area (Å²) in [6.07, 6.45) is 7.13. The molecule has 0 spiro atoms. The average molecular weight is 310 g/mol. The SMILES string of the molecule is C=C1CC[C@@H]2C[C@H]1[C@@H](c1ccc(C)cc1)O[C@@]2(C)CC=C(C)C. The van der Waals surface area contributed by atoms with E-state index in [-0.39, 0.29) is 11.7 Å². The second-order valence-electron chi connectivity index (χ2n) is 7.98. The molecule has 124 valence electrons. The van der Waals surface area contributed by atoms with Crippen molar-refractivity contribution in [3.63, 3.8) is 0 Å². The van der Waals surface area contributed by atoms with Gasteiger partial charge in [0.1, 0.15) is 0 Å². The monoisotopic (exact) mass is 310 g/mol. The minimum Gasteiger partial charge on any atom is -0.366 e. The molecule has 2 aliphatic rings. The Kier molecular flexibility index (Phi) is 4.51. The van der Waals surface area contributed by atoms with Crippen LogP contribution in [0.2, 0.25) is 0 Å². The molecule has 1 saturated heterocycles. The summed E-state index contributed by atoms with van der Waals surface area (Å²) >= 11 is 0. The molecule has 1 nitrogen and oxygen atoms in total. The van der Waals surface area contributed by atoms with Crippen LogP contribution in [-0.2, 0) is 4.74 Å². The smallest absolute Gasteiger partial charge is 0.0897 e. The van der Waals surface area contributed by atoms with Crippen LogP contribution in [0, 0.1) is 18.8 Å². The highest BCUT2D eigenvalue weighted by molar-refractivity contribution is 5.28. The molecular weight excluding hydrogens is 280 g/mol. The summed E-state index contributed by atoms with van der Waals surface area (Å²) in [5.74, 6) is 1.13. The van der Waals surface area contributed by atoms with Gasteiger partial charge in [0, 0.05) is 5.92 Å². The van der Waals surface area contributed by atoms with Gasteiger partial charge in [0.05, 0.1) is 11.7 Å². The van der Waals surface area contributed by atoms with Crippen LogP contribution in [0.1, 0.15) is 63.7 Å². The van der Waals surface area contributed by atoms with Gasteiger partial charge >= 0.3 is 0 Å². The Morgan fingerprint density at radius 2 is 2.00 bits per heavy atom. The van der Waals surface area contributed by atoms with Gasteiger partial charge in [0.2, 0.25) is 0 Å². The van der Waals surface area contributed by atoms with E-state index in [2.05, 4.69) is 64.6 Å². The van der Waals surface area contributed by atoms with Gasteiger partial charge in [-0.1, -0.05) is 53.6 Å². The third-order valence-electron chi connectivity index (χ3n) is 5.82. The lowest BCUT2D eigenvalue weighted by atomic mass is 9.65. The maximum atomic E-state index is 6.78. The molecule has 0 unspecified atom stereocenters. The molecular formula is C22H30O. The zero-order valence-electron chi connectivity index (χ0n) is 15.1. The van der Waals surface area contributed by atoms with E-state index < -0.39 is 0 Å². The number of ether oxygens (including phenoxy) is 1. The fourth-order valence-corrected chi connectivity index (χ4v) is 4.17. The molecule has 0 radical (unpaired) electrons. The summed E-state index contributed by atoms with van der Waals surface area (Å²) in [6, 6.07) is 8.88. The van der Waals surface area contributed by atoms with Gasteiger partial charge in [-0.05, 0) is 64.9 Å². The van der Waals surface area contributed by atoms with Crippen molar-refractivity contribution in [1.29, 1.82) is 0 Å². The van der Waals surface area contributed by atoms with Crippen LogP contribution in [0.4, 0.5) is 0 Å². The molecule has 1 aromatic carbocycles. The lowest BCUT2D eigenvalue weighted by molar-refractivity contribution is -0.181. The van der Waals surface area contributed by atoms with Crippen molar-refractivity contribution in [2.24, 2.45) is 11.8 Å². The Hall–Kier alpha value is -1.34. The molecule has 0 N–H and O–H groups in total. The van der Waals surface area contributed by atoms with Gasteiger partial charge in [0.25, 0.3) is 0 Å². The number of hydrogen-bond donors (Lipinski definition) is 0. The predicted octanol–water partition coefficient (Wildman–Crippen LogP) is 6.15. The maximum absolute atomic E-state index is 6.78. The van der Waals surface area contributed by atoms with Crippen LogP contribution in [0.5, 0.6) is 0 Å². The van der Waals surface area contributed by atoms with E-state index in [9.17, 15) is 0 Å². The molecule has 3 rings (SSSR count). The second kappa shape index (κ2) is 6.28. The lowest BCUT2D eigenvalue weighted by Gasteiger charge is -2.52. The topological polar surface area (TPSA) is 9.23 Å². The Morgan fingerprint density at radius 3 is 2.65 bits per heavy atom.